The highest BCUT2D eigenvalue weighted by molar-refractivity contribution is 6.11. The van der Waals surface area contributed by atoms with Crippen molar-refractivity contribution in [2.45, 2.75) is 63.5 Å². The van der Waals surface area contributed by atoms with Gasteiger partial charge >= 0.3 is 6.03 Å². The lowest BCUT2D eigenvalue weighted by Gasteiger charge is -2.37. The number of carbonyl (C=O) groups excluding carboxylic acids is 2. The van der Waals surface area contributed by atoms with Crippen LogP contribution in [0.2, 0.25) is 0 Å². The van der Waals surface area contributed by atoms with E-state index in [0.29, 0.717) is 24.7 Å². The van der Waals surface area contributed by atoms with E-state index in [0.717, 1.165) is 60.7 Å². The molecule has 1 aliphatic heterocycles. The Labute approximate surface area is 217 Å². The van der Waals surface area contributed by atoms with E-state index in [9.17, 15) is 9.59 Å². The molecule has 0 aromatic carbocycles. The molecular formula is C29H36N6O2. The highest BCUT2D eigenvalue weighted by Crippen LogP contribution is 2.36. The third-order valence-corrected chi connectivity index (χ3v) is 8.19. The van der Waals surface area contributed by atoms with Crippen LogP contribution >= 0.6 is 0 Å². The lowest BCUT2D eigenvalue weighted by Crippen LogP contribution is -2.54. The summed E-state index contributed by atoms with van der Waals surface area (Å²) in [6.07, 6.45) is 15.1. The molecule has 0 bridgehead atoms. The van der Waals surface area contributed by atoms with Crippen molar-refractivity contribution < 1.29 is 9.59 Å². The normalized spacial score (nSPS) is 24.9. The van der Waals surface area contributed by atoms with Gasteiger partial charge in [0.15, 0.2) is 0 Å². The molecule has 2 aromatic heterocycles. The van der Waals surface area contributed by atoms with Crippen LogP contribution in [0.3, 0.4) is 0 Å². The molecule has 2 aromatic rings. The van der Waals surface area contributed by atoms with Crippen LogP contribution in [-0.2, 0) is 4.79 Å². The Kier molecular flexibility index (Phi) is 7.37. The molecule has 1 saturated carbocycles. The number of primary amides is 1. The topological polar surface area (TPSA) is 116 Å². The van der Waals surface area contributed by atoms with Gasteiger partial charge < -0.3 is 20.9 Å². The number of aliphatic imine (C=N–C) groups is 1. The van der Waals surface area contributed by atoms with Crippen molar-refractivity contribution in [3.63, 3.8) is 0 Å². The monoisotopic (exact) mass is 500 g/mol. The van der Waals surface area contributed by atoms with E-state index in [2.05, 4.69) is 39.1 Å². The maximum Gasteiger partial charge on any atom is 0.344 e. The average Bonchev–Trinajstić information content (AvgIpc) is 3.34. The predicted octanol–water partition coefficient (Wildman–Crippen LogP) is 4.38. The first-order chi connectivity index (χ1) is 17.9. The summed E-state index contributed by atoms with van der Waals surface area (Å²) in [6.45, 7) is 7.06. The van der Waals surface area contributed by atoms with Crippen LogP contribution in [0.15, 0.2) is 65.5 Å². The van der Waals surface area contributed by atoms with Gasteiger partial charge in [0.05, 0.1) is 22.8 Å². The molecule has 3 aliphatic rings. The molecular weight excluding hydrogens is 464 g/mol. The van der Waals surface area contributed by atoms with Crippen LogP contribution in [0.1, 0.15) is 56.9 Å². The van der Waals surface area contributed by atoms with Crippen molar-refractivity contribution >= 4 is 28.7 Å². The third kappa shape index (κ3) is 5.59. The molecule has 1 atom stereocenters. The smallest absolute Gasteiger partial charge is 0.344 e. The van der Waals surface area contributed by atoms with Crippen LogP contribution in [0.5, 0.6) is 0 Å². The van der Waals surface area contributed by atoms with Gasteiger partial charge in [-0.3, -0.25) is 9.78 Å². The Morgan fingerprint density at radius 3 is 2.65 bits per heavy atom. The molecule has 194 valence electrons. The van der Waals surface area contributed by atoms with Gasteiger partial charge in [0.25, 0.3) is 0 Å². The predicted molar refractivity (Wildman–Crippen MR) is 146 cm³/mol. The van der Waals surface area contributed by atoms with Crippen molar-refractivity contribution in [3.05, 3.63) is 66.0 Å². The first kappa shape index (κ1) is 25.1. The molecule has 3 heterocycles. The molecule has 8 heteroatoms. The number of nitrogens with one attached hydrogen (secondary N) is 2. The first-order valence-corrected chi connectivity index (χ1v) is 13.3. The number of nitrogens with zero attached hydrogens (tertiary/aromatic N) is 3. The lowest BCUT2D eigenvalue weighted by molar-refractivity contribution is -0.122. The minimum absolute atomic E-state index is 0.116. The fourth-order valence-electron chi connectivity index (χ4n) is 5.92. The molecule has 8 nitrogen and oxygen atoms in total. The Morgan fingerprint density at radius 2 is 1.95 bits per heavy atom. The summed E-state index contributed by atoms with van der Waals surface area (Å²) >= 11 is 0. The number of hydrogen-bond acceptors (Lipinski definition) is 4. The van der Waals surface area contributed by atoms with E-state index in [4.69, 9.17) is 5.73 Å². The highest BCUT2D eigenvalue weighted by Gasteiger charge is 2.34. The van der Waals surface area contributed by atoms with Gasteiger partial charge in [-0.1, -0.05) is 12.7 Å². The Hall–Kier alpha value is -3.52. The zero-order chi connectivity index (χ0) is 25.9. The van der Waals surface area contributed by atoms with Crippen LogP contribution in [-0.4, -0.2) is 57.7 Å². The zero-order valence-electron chi connectivity index (χ0n) is 21.5. The van der Waals surface area contributed by atoms with Gasteiger partial charge in [-0.05, 0) is 98.3 Å². The first-order valence-electron chi connectivity index (χ1n) is 13.3. The van der Waals surface area contributed by atoms with Crippen LogP contribution in [0.25, 0.3) is 11.0 Å². The maximum atomic E-state index is 12.7. The lowest BCUT2D eigenvalue weighted by atomic mass is 9.81. The maximum absolute atomic E-state index is 12.7. The van der Waals surface area contributed by atoms with E-state index in [1.165, 1.54) is 5.56 Å². The molecule has 4 N–H and O–H groups in total. The van der Waals surface area contributed by atoms with Gasteiger partial charge in [0.1, 0.15) is 0 Å². The second-order valence-electron chi connectivity index (χ2n) is 10.6. The number of carbonyl (C=O) groups is 2. The van der Waals surface area contributed by atoms with Crippen LogP contribution in [0.4, 0.5) is 4.79 Å². The van der Waals surface area contributed by atoms with E-state index in [1.54, 1.807) is 4.90 Å². The zero-order valence-corrected chi connectivity index (χ0v) is 21.5. The number of fused-ring (bicyclic) bond motifs is 1. The molecule has 2 fully saturated rings. The number of rotatable bonds is 5. The van der Waals surface area contributed by atoms with Crippen molar-refractivity contribution in [3.8, 4) is 0 Å². The van der Waals surface area contributed by atoms with Gasteiger partial charge in [0, 0.05) is 31.5 Å². The van der Waals surface area contributed by atoms with Crippen molar-refractivity contribution in [2.75, 3.05) is 13.1 Å². The molecule has 2 aliphatic carbocycles. The molecule has 1 saturated heterocycles. The van der Waals surface area contributed by atoms with Gasteiger partial charge in [-0.15, -0.1) is 0 Å². The number of amides is 3. The van der Waals surface area contributed by atoms with Gasteiger partial charge in [-0.2, -0.15) is 4.99 Å². The Bertz CT molecular complexity index is 1270. The van der Waals surface area contributed by atoms with Crippen molar-refractivity contribution in [2.24, 2.45) is 16.6 Å². The summed E-state index contributed by atoms with van der Waals surface area (Å²) in [5.41, 5.74) is 11.9. The van der Waals surface area contributed by atoms with Crippen LogP contribution < -0.4 is 11.1 Å². The number of pyridine rings is 1. The average molecular weight is 501 g/mol. The van der Waals surface area contributed by atoms with E-state index in [-0.39, 0.29) is 29.9 Å². The summed E-state index contributed by atoms with van der Waals surface area (Å²) < 4.78 is 0. The molecule has 1 unspecified atom stereocenters. The number of aromatic nitrogens is 2. The largest absolute Gasteiger partial charge is 0.368 e. The third-order valence-electron chi connectivity index (χ3n) is 8.19. The number of H-pyrrole nitrogens is 1. The van der Waals surface area contributed by atoms with Crippen molar-refractivity contribution in [1.29, 1.82) is 0 Å². The minimum atomic E-state index is -0.377. The highest BCUT2D eigenvalue weighted by atomic mass is 16.2. The molecule has 0 radical (unpaired) electrons. The standard InChI is InChI=1S/C29H36N6O2/c1-18-5-8-23(16-19(18)2)34-29(37)35-14-11-21(12-15-35)26(28(30)36)33-22-9-6-20(7-10-22)24-17-32-25-4-3-13-31-27(24)25/h3-5,8,13,16-17,20-22,26,32-33H,1,6-7,9-12,14-15H2,2H3,(H2,30,36). The van der Waals surface area contributed by atoms with E-state index < -0.39 is 0 Å². The summed E-state index contributed by atoms with van der Waals surface area (Å²) in [4.78, 5) is 39.1. The number of allylic oxidation sites excluding steroid dienone is 5. The molecule has 3 amide bonds. The quantitative estimate of drug-likeness (QED) is 0.565. The summed E-state index contributed by atoms with van der Waals surface area (Å²) in [7, 11) is 0. The number of piperidine rings is 1. The van der Waals surface area contributed by atoms with Crippen molar-refractivity contribution in [1.82, 2.24) is 20.2 Å². The van der Waals surface area contributed by atoms with E-state index >= 15 is 0 Å². The summed E-state index contributed by atoms with van der Waals surface area (Å²) in [5, 5.41) is 3.59. The second kappa shape index (κ2) is 10.8. The van der Waals surface area contributed by atoms with Crippen LogP contribution in [0, 0.1) is 5.92 Å². The minimum Gasteiger partial charge on any atom is -0.368 e. The number of nitrogens with two attached hydrogens (primary N) is 1. The van der Waals surface area contributed by atoms with E-state index in [1.807, 2.05) is 37.4 Å². The summed E-state index contributed by atoms with van der Waals surface area (Å²) in [6, 6.07) is 3.66. The fourth-order valence-corrected chi connectivity index (χ4v) is 5.92. The Balaban J connectivity index is 1.14. The number of urea groups is 1. The van der Waals surface area contributed by atoms with Gasteiger partial charge in [-0.25, -0.2) is 4.79 Å². The fraction of sp³-hybridized carbons (Fsp3) is 0.448. The number of hydrogen-bond donors (Lipinski definition) is 3. The summed E-state index contributed by atoms with van der Waals surface area (Å²) in [5.74, 6) is 0.284. The molecule has 0 spiro atoms. The second-order valence-corrected chi connectivity index (χ2v) is 10.6. The number of aromatic amines is 1. The number of likely N-dealkylation sites (tertiary alicyclic amines) is 1. The molecule has 37 heavy (non-hydrogen) atoms. The van der Waals surface area contributed by atoms with Gasteiger partial charge in [0.2, 0.25) is 5.91 Å². The SMILES string of the molecule is C=C1C=CC(=NC(=O)N2CCC(C(NC3CCC(c4c[nH]c5cccnc45)CC3)C(N)=O)CC2)C=C1C. The Morgan fingerprint density at radius 1 is 1.19 bits per heavy atom. The molecule has 5 rings (SSSR count).